The summed E-state index contributed by atoms with van der Waals surface area (Å²) in [5.74, 6) is 6.82. The van der Waals surface area contributed by atoms with E-state index in [9.17, 15) is 4.79 Å². The summed E-state index contributed by atoms with van der Waals surface area (Å²) in [5, 5.41) is 3.82. The number of Topliss-reactive ketones (excluding diaryl/α,β-unsaturated/α-hetero) is 1. The van der Waals surface area contributed by atoms with Crippen molar-refractivity contribution >= 4 is 16.6 Å². The van der Waals surface area contributed by atoms with E-state index in [4.69, 9.17) is 10.6 Å². The molecule has 3 rings (SSSR count). The molecule has 1 saturated heterocycles. The Morgan fingerprint density at radius 3 is 2.55 bits per heavy atom. The summed E-state index contributed by atoms with van der Waals surface area (Å²) in [5.41, 5.74) is 0. The number of benzene rings is 2. The Balaban J connectivity index is 0.000000847. The van der Waals surface area contributed by atoms with E-state index < -0.39 is 0 Å². The van der Waals surface area contributed by atoms with Crippen molar-refractivity contribution in [1.82, 2.24) is 5.01 Å². The van der Waals surface area contributed by atoms with E-state index in [1.165, 1.54) is 0 Å². The molecule has 2 atom stereocenters. The molecule has 1 aliphatic heterocycles. The van der Waals surface area contributed by atoms with Gasteiger partial charge in [-0.15, -0.1) is 0 Å². The largest absolute Gasteiger partial charge is 0.488 e. The third-order valence-electron chi connectivity index (χ3n) is 3.81. The SMILES string of the molecule is CC.CC(=O)C1CC(Oc2cccc3ccccc23)CN1N. The van der Waals surface area contributed by atoms with Crippen LogP contribution in [-0.4, -0.2) is 29.5 Å². The number of carbonyl (C=O) groups is 1. The zero-order valence-corrected chi connectivity index (χ0v) is 13.5. The number of hydrogen-bond acceptors (Lipinski definition) is 4. The van der Waals surface area contributed by atoms with Crippen LogP contribution in [-0.2, 0) is 4.79 Å². The molecular formula is C18H24N2O2. The lowest BCUT2D eigenvalue weighted by Gasteiger charge is -2.15. The summed E-state index contributed by atoms with van der Waals surface area (Å²) in [6.45, 7) is 6.15. The molecule has 118 valence electrons. The van der Waals surface area contributed by atoms with Gasteiger partial charge in [0.2, 0.25) is 0 Å². The lowest BCUT2D eigenvalue weighted by Crippen LogP contribution is -2.40. The van der Waals surface area contributed by atoms with Crippen molar-refractivity contribution in [2.45, 2.75) is 39.3 Å². The van der Waals surface area contributed by atoms with Crippen LogP contribution in [0.25, 0.3) is 10.8 Å². The molecule has 0 radical (unpaired) electrons. The van der Waals surface area contributed by atoms with Gasteiger partial charge in [-0.3, -0.25) is 10.6 Å². The molecule has 4 nitrogen and oxygen atoms in total. The summed E-state index contributed by atoms with van der Waals surface area (Å²) in [7, 11) is 0. The van der Waals surface area contributed by atoms with Crippen LogP contribution in [0.5, 0.6) is 5.75 Å². The minimum Gasteiger partial charge on any atom is -0.488 e. The number of nitrogens with zero attached hydrogens (tertiary/aromatic N) is 1. The highest BCUT2D eigenvalue weighted by Gasteiger charge is 2.34. The number of nitrogens with two attached hydrogens (primary N) is 1. The first-order chi connectivity index (χ1) is 10.6. The van der Waals surface area contributed by atoms with Crippen molar-refractivity contribution in [3.05, 3.63) is 42.5 Å². The third-order valence-corrected chi connectivity index (χ3v) is 3.81. The summed E-state index contributed by atoms with van der Waals surface area (Å²) >= 11 is 0. The highest BCUT2D eigenvalue weighted by Crippen LogP contribution is 2.28. The Morgan fingerprint density at radius 2 is 1.86 bits per heavy atom. The average molecular weight is 300 g/mol. The lowest BCUT2D eigenvalue weighted by atomic mass is 10.1. The summed E-state index contributed by atoms with van der Waals surface area (Å²) in [4.78, 5) is 11.5. The van der Waals surface area contributed by atoms with Gasteiger partial charge in [-0.25, -0.2) is 5.01 Å². The van der Waals surface area contributed by atoms with Crippen molar-refractivity contribution < 1.29 is 9.53 Å². The first kappa shape index (κ1) is 16.5. The Kier molecular flexibility index (Phi) is 5.52. The molecule has 2 aromatic carbocycles. The summed E-state index contributed by atoms with van der Waals surface area (Å²) in [6.07, 6.45) is 0.606. The zero-order chi connectivity index (χ0) is 16.1. The number of hydrogen-bond donors (Lipinski definition) is 1. The van der Waals surface area contributed by atoms with Crippen LogP contribution in [0.1, 0.15) is 27.2 Å². The van der Waals surface area contributed by atoms with Gasteiger partial charge in [0, 0.05) is 11.8 Å². The minimum absolute atomic E-state index is 0.0419. The second-order valence-corrected chi connectivity index (χ2v) is 5.28. The standard InChI is InChI=1S/C16H18N2O2.C2H6/c1-11(19)15-9-13(10-18(15)17)20-16-8-4-6-12-5-2-3-7-14(12)16;1-2/h2-8,13,15H,9-10,17H2,1H3;1-2H3. The maximum absolute atomic E-state index is 11.5. The van der Waals surface area contributed by atoms with Gasteiger partial charge in [0.25, 0.3) is 0 Å². The van der Waals surface area contributed by atoms with Crippen LogP contribution in [0.4, 0.5) is 0 Å². The van der Waals surface area contributed by atoms with Gasteiger partial charge in [0.05, 0.1) is 12.6 Å². The van der Waals surface area contributed by atoms with Crippen molar-refractivity contribution in [1.29, 1.82) is 0 Å². The maximum Gasteiger partial charge on any atom is 0.148 e. The van der Waals surface area contributed by atoms with Crippen LogP contribution < -0.4 is 10.6 Å². The molecule has 4 heteroatoms. The van der Waals surface area contributed by atoms with Crippen molar-refractivity contribution in [3.63, 3.8) is 0 Å². The monoisotopic (exact) mass is 300 g/mol. The average Bonchev–Trinajstić information content (AvgIpc) is 2.90. The number of hydrazine groups is 1. The molecule has 0 saturated carbocycles. The predicted octanol–water partition coefficient (Wildman–Crippen LogP) is 3.15. The van der Waals surface area contributed by atoms with E-state index in [1.54, 1.807) is 11.9 Å². The topological polar surface area (TPSA) is 55.6 Å². The Hall–Kier alpha value is -1.91. The van der Waals surface area contributed by atoms with E-state index >= 15 is 0 Å². The van der Waals surface area contributed by atoms with Crippen LogP contribution in [0, 0.1) is 0 Å². The number of ether oxygens (including phenoxy) is 1. The quantitative estimate of drug-likeness (QED) is 0.885. The minimum atomic E-state index is -0.227. The Bertz CT molecular complexity index is 637. The van der Waals surface area contributed by atoms with Crippen LogP contribution in [0.2, 0.25) is 0 Å². The zero-order valence-electron chi connectivity index (χ0n) is 13.5. The van der Waals surface area contributed by atoms with Gasteiger partial charge in [-0.05, 0) is 18.4 Å². The smallest absolute Gasteiger partial charge is 0.148 e. The molecule has 1 fully saturated rings. The highest BCUT2D eigenvalue weighted by atomic mass is 16.5. The Labute approximate surface area is 131 Å². The molecule has 0 aromatic heterocycles. The first-order valence-corrected chi connectivity index (χ1v) is 7.81. The molecule has 22 heavy (non-hydrogen) atoms. The first-order valence-electron chi connectivity index (χ1n) is 7.81. The third kappa shape index (κ3) is 3.46. The number of fused-ring (bicyclic) bond motifs is 1. The van der Waals surface area contributed by atoms with E-state index in [-0.39, 0.29) is 17.9 Å². The molecule has 2 aromatic rings. The summed E-state index contributed by atoms with van der Waals surface area (Å²) < 4.78 is 6.07. The molecule has 2 N–H and O–H groups in total. The van der Waals surface area contributed by atoms with Gasteiger partial charge >= 0.3 is 0 Å². The summed E-state index contributed by atoms with van der Waals surface area (Å²) in [6, 6.07) is 13.9. The van der Waals surface area contributed by atoms with Crippen molar-refractivity contribution in [3.8, 4) is 5.75 Å². The molecule has 0 spiro atoms. The van der Waals surface area contributed by atoms with Gasteiger partial charge in [-0.1, -0.05) is 50.2 Å². The molecule has 0 bridgehead atoms. The fourth-order valence-electron chi connectivity index (χ4n) is 2.78. The number of ketones is 1. The van der Waals surface area contributed by atoms with E-state index in [0.717, 1.165) is 16.5 Å². The van der Waals surface area contributed by atoms with Crippen LogP contribution in [0.15, 0.2) is 42.5 Å². The van der Waals surface area contributed by atoms with E-state index in [1.807, 2.05) is 44.2 Å². The van der Waals surface area contributed by atoms with Gasteiger partial charge in [-0.2, -0.15) is 0 Å². The second-order valence-electron chi connectivity index (χ2n) is 5.28. The van der Waals surface area contributed by atoms with E-state index in [0.29, 0.717) is 13.0 Å². The number of carbonyl (C=O) groups excluding carboxylic acids is 1. The molecule has 1 aliphatic rings. The van der Waals surface area contributed by atoms with Crippen LogP contribution in [0.3, 0.4) is 0 Å². The highest BCUT2D eigenvalue weighted by molar-refractivity contribution is 5.88. The second kappa shape index (κ2) is 7.38. The maximum atomic E-state index is 11.5. The number of rotatable bonds is 3. The Morgan fingerprint density at radius 1 is 1.18 bits per heavy atom. The molecular weight excluding hydrogens is 276 g/mol. The van der Waals surface area contributed by atoms with E-state index in [2.05, 4.69) is 12.1 Å². The molecule has 2 unspecified atom stereocenters. The normalized spacial score (nSPS) is 21.3. The predicted molar refractivity (Wildman–Crippen MR) is 89.7 cm³/mol. The molecule has 0 amide bonds. The molecule has 0 aliphatic carbocycles. The van der Waals surface area contributed by atoms with Crippen molar-refractivity contribution in [2.24, 2.45) is 5.84 Å². The van der Waals surface area contributed by atoms with Crippen LogP contribution >= 0.6 is 0 Å². The lowest BCUT2D eigenvalue weighted by molar-refractivity contribution is -0.121. The fraction of sp³-hybridized carbons (Fsp3) is 0.389. The van der Waals surface area contributed by atoms with Gasteiger partial charge in [0.15, 0.2) is 0 Å². The molecule has 1 heterocycles. The van der Waals surface area contributed by atoms with Gasteiger partial charge in [0.1, 0.15) is 17.6 Å². The van der Waals surface area contributed by atoms with Gasteiger partial charge < -0.3 is 4.74 Å². The fourth-order valence-corrected chi connectivity index (χ4v) is 2.78. The van der Waals surface area contributed by atoms with Crippen molar-refractivity contribution in [2.75, 3.05) is 6.54 Å².